The number of aromatic nitrogens is 1. The van der Waals surface area contributed by atoms with E-state index < -0.39 is 4.92 Å². The highest BCUT2D eigenvalue weighted by atomic mass is 16.6. The van der Waals surface area contributed by atoms with E-state index in [1.165, 1.54) is 12.3 Å². The maximum Gasteiger partial charge on any atom is 0.363 e. The molecule has 1 N–H and O–H groups in total. The molecule has 0 radical (unpaired) electrons. The van der Waals surface area contributed by atoms with Crippen molar-refractivity contribution in [3.8, 4) is 0 Å². The van der Waals surface area contributed by atoms with Gasteiger partial charge in [0.05, 0.1) is 5.69 Å². The SMILES string of the molecule is CCC(C)Nc1ccc([N+](=O)[O-])nc1. The molecule has 1 rings (SSSR count). The van der Waals surface area contributed by atoms with Gasteiger partial charge in [-0.25, -0.2) is 0 Å². The summed E-state index contributed by atoms with van der Waals surface area (Å²) in [5.41, 5.74) is 0.810. The highest BCUT2D eigenvalue weighted by molar-refractivity contribution is 5.43. The monoisotopic (exact) mass is 195 g/mol. The maximum atomic E-state index is 10.3. The molecule has 0 fully saturated rings. The van der Waals surface area contributed by atoms with E-state index in [0.29, 0.717) is 6.04 Å². The maximum absolute atomic E-state index is 10.3. The van der Waals surface area contributed by atoms with Crippen molar-refractivity contribution in [1.29, 1.82) is 0 Å². The van der Waals surface area contributed by atoms with Crippen LogP contribution in [0.1, 0.15) is 20.3 Å². The van der Waals surface area contributed by atoms with Gasteiger partial charge in [0.25, 0.3) is 0 Å². The van der Waals surface area contributed by atoms with Crippen molar-refractivity contribution in [3.63, 3.8) is 0 Å². The van der Waals surface area contributed by atoms with Gasteiger partial charge in [-0.05, 0) is 29.3 Å². The molecule has 5 heteroatoms. The Hall–Kier alpha value is -1.65. The lowest BCUT2D eigenvalue weighted by Crippen LogP contribution is -2.13. The minimum atomic E-state index is -0.507. The fraction of sp³-hybridized carbons (Fsp3) is 0.444. The Morgan fingerprint density at radius 3 is 2.79 bits per heavy atom. The highest BCUT2D eigenvalue weighted by Crippen LogP contribution is 2.12. The standard InChI is InChI=1S/C9H13N3O2/c1-3-7(2)11-8-4-5-9(10-6-8)12(13)14/h4-7,11H,3H2,1-2H3. The lowest BCUT2D eigenvalue weighted by molar-refractivity contribution is -0.389. The number of pyridine rings is 1. The number of anilines is 1. The quantitative estimate of drug-likeness (QED) is 0.590. The molecule has 5 nitrogen and oxygen atoms in total. The van der Waals surface area contributed by atoms with Crippen molar-refractivity contribution in [2.24, 2.45) is 0 Å². The summed E-state index contributed by atoms with van der Waals surface area (Å²) in [4.78, 5) is 13.5. The van der Waals surface area contributed by atoms with Gasteiger partial charge in [-0.1, -0.05) is 6.92 Å². The molecule has 1 atom stereocenters. The number of nitrogens with zero attached hydrogens (tertiary/aromatic N) is 2. The summed E-state index contributed by atoms with van der Waals surface area (Å²) in [7, 11) is 0. The van der Waals surface area contributed by atoms with Crippen LogP contribution in [0, 0.1) is 10.1 Å². The Balaban J connectivity index is 2.68. The third-order valence-electron chi connectivity index (χ3n) is 1.96. The van der Waals surface area contributed by atoms with Gasteiger partial charge in [-0.15, -0.1) is 0 Å². The minimum Gasteiger partial charge on any atom is -0.380 e. The van der Waals surface area contributed by atoms with Gasteiger partial charge in [0.2, 0.25) is 0 Å². The van der Waals surface area contributed by atoms with E-state index in [2.05, 4.69) is 17.2 Å². The van der Waals surface area contributed by atoms with Crippen LogP contribution in [0.5, 0.6) is 0 Å². The molecule has 0 aliphatic carbocycles. The van der Waals surface area contributed by atoms with Gasteiger partial charge in [-0.3, -0.25) is 0 Å². The molecule has 0 aromatic carbocycles. The molecule has 0 aliphatic heterocycles. The Labute approximate surface area is 82.3 Å². The summed E-state index contributed by atoms with van der Waals surface area (Å²) in [6.07, 6.45) is 2.47. The molecule has 0 saturated carbocycles. The molecule has 1 aromatic rings. The molecule has 1 aromatic heterocycles. The third kappa shape index (κ3) is 2.69. The second kappa shape index (κ2) is 4.55. The van der Waals surface area contributed by atoms with E-state index in [9.17, 15) is 10.1 Å². The van der Waals surface area contributed by atoms with Crippen LogP contribution in [-0.4, -0.2) is 15.9 Å². The van der Waals surface area contributed by atoms with Gasteiger partial charge < -0.3 is 15.4 Å². The van der Waals surface area contributed by atoms with Crippen molar-refractivity contribution >= 4 is 11.5 Å². The fourth-order valence-electron chi connectivity index (χ4n) is 0.966. The van der Waals surface area contributed by atoms with Crippen molar-refractivity contribution in [3.05, 3.63) is 28.4 Å². The molecule has 1 heterocycles. The Bertz CT molecular complexity index is 310. The molecule has 76 valence electrons. The van der Waals surface area contributed by atoms with Crippen LogP contribution >= 0.6 is 0 Å². The Kier molecular flexibility index (Phi) is 3.39. The summed E-state index contributed by atoms with van der Waals surface area (Å²) in [5, 5.41) is 13.5. The number of nitro groups is 1. The molecule has 0 aliphatic rings. The number of rotatable bonds is 4. The van der Waals surface area contributed by atoms with Crippen LogP contribution in [0.4, 0.5) is 11.5 Å². The van der Waals surface area contributed by atoms with Crippen molar-refractivity contribution in [2.75, 3.05) is 5.32 Å². The molecule has 14 heavy (non-hydrogen) atoms. The first kappa shape index (κ1) is 10.4. The lowest BCUT2D eigenvalue weighted by Gasteiger charge is -2.10. The van der Waals surface area contributed by atoms with Crippen molar-refractivity contribution < 1.29 is 4.92 Å². The molecular weight excluding hydrogens is 182 g/mol. The van der Waals surface area contributed by atoms with Gasteiger partial charge in [0.15, 0.2) is 6.20 Å². The summed E-state index contributed by atoms with van der Waals surface area (Å²) in [5.74, 6) is -0.125. The van der Waals surface area contributed by atoms with Crippen LogP contribution in [0.2, 0.25) is 0 Å². The van der Waals surface area contributed by atoms with Crippen LogP contribution < -0.4 is 5.32 Å². The predicted octanol–water partition coefficient (Wildman–Crippen LogP) is 2.20. The molecule has 1 unspecified atom stereocenters. The van der Waals surface area contributed by atoms with Crippen LogP contribution in [0.15, 0.2) is 18.3 Å². The second-order valence-corrected chi connectivity index (χ2v) is 3.12. The van der Waals surface area contributed by atoms with E-state index in [4.69, 9.17) is 0 Å². The molecule has 0 bridgehead atoms. The van der Waals surface area contributed by atoms with Gasteiger partial charge >= 0.3 is 5.82 Å². The summed E-state index contributed by atoms with van der Waals surface area (Å²) in [6.45, 7) is 4.11. The van der Waals surface area contributed by atoms with Gasteiger partial charge in [-0.2, -0.15) is 0 Å². The zero-order chi connectivity index (χ0) is 10.6. The van der Waals surface area contributed by atoms with E-state index in [1.807, 2.05) is 6.92 Å². The minimum absolute atomic E-state index is 0.125. The Morgan fingerprint density at radius 1 is 1.64 bits per heavy atom. The van der Waals surface area contributed by atoms with Crippen molar-refractivity contribution in [1.82, 2.24) is 4.98 Å². The first-order valence-electron chi connectivity index (χ1n) is 4.50. The summed E-state index contributed by atoms with van der Waals surface area (Å²) < 4.78 is 0. The zero-order valence-electron chi connectivity index (χ0n) is 8.23. The Morgan fingerprint density at radius 2 is 2.36 bits per heavy atom. The molecule has 0 spiro atoms. The normalized spacial score (nSPS) is 12.1. The molecule has 0 amide bonds. The van der Waals surface area contributed by atoms with E-state index in [1.54, 1.807) is 6.07 Å². The highest BCUT2D eigenvalue weighted by Gasteiger charge is 2.06. The number of nitrogens with one attached hydrogen (secondary N) is 1. The van der Waals surface area contributed by atoms with Gasteiger partial charge in [0, 0.05) is 12.1 Å². The zero-order valence-corrected chi connectivity index (χ0v) is 8.23. The third-order valence-corrected chi connectivity index (χ3v) is 1.96. The smallest absolute Gasteiger partial charge is 0.363 e. The average molecular weight is 195 g/mol. The van der Waals surface area contributed by atoms with Crippen LogP contribution in [-0.2, 0) is 0 Å². The summed E-state index contributed by atoms with van der Waals surface area (Å²) in [6, 6.07) is 3.40. The van der Waals surface area contributed by atoms with E-state index >= 15 is 0 Å². The van der Waals surface area contributed by atoms with Crippen LogP contribution in [0.3, 0.4) is 0 Å². The van der Waals surface area contributed by atoms with E-state index in [-0.39, 0.29) is 5.82 Å². The topological polar surface area (TPSA) is 68.1 Å². The van der Waals surface area contributed by atoms with Crippen molar-refractivity contribution in [2.45, 2.75) is 26.3 Å². The van der Waals surface area contributed by atoms with E-state index in [0.717, 1.165) is 12.1 Å². The molecule has 0 saturated heterocycles. The second-order valence-electron chi connectivity index (χ2n) is 3.12. The first-order chi connectivity index (χ1) is 6.63. The molecular formula is C9H13N3O2. The van der Waals surface area contributed by atoms with Gasteiger partial charge in [0.1, 0.15) is 0 Å². The summed E-state index contributed by atoms with van der Waals surface area (Å²) >= 11 is 0. The number of hydrogen-bond donors (Lipinski definition) is 1. The first-order valence-corrected chi connectivity index (χ1v) is 4.50. The largest absolute Gasteiger partial charge is 0.380 e. The van der Waals surface area contributed by atoms with Crippen LogP contribution in [0.25, 0.3) is 0 Å². The predicted molar refractivity (Wildman–Crippen MR) is 54.3 cm³/mol. The average Bonchev–Trinajstić information content (AvgIpc) is 2.18. The lowest BCUT2D eigenvalue weighted by atomic mass is 10.2. The number of hydrogen-bond acceptors (Lipinski definition) is 4. The fourth-order valence-corrected chi connectivity index (χ4v) is 0.966.